The minimum Gasteiger partial charge on any atom is -0.483 e. The number of carbonyl (C=O) groups is 1. The summed E-state index contributed by atoms with van der Waals surface area (Å²) in [4.78, 5) is 11.7. The van der Waals surface area contributed by atoms with Crippen LogP contribution in [-0.4, -0.2) is 12.5 Å². The van der Waals surface area contributed by atoms with Gasteiger partial charge in [0.05, 0.1) is 5.69 Å². The molecule has 0 fully saturated rings. The largest absolute Gasteiger partial charge is 0.483 e. The molecular formula is C16H17ClN2O2. The highest BCUT2D eigenvalue weighted by Gasteiger charge is 2.05. The zero-order valence-electron chi connectivity index (χ0n) is 11.9. The van der Waals surface area contributed by atoms with Crippen LogP contribution < -0.4 is 15.6 Å². The first-order valence-corrected chi connectivity index (χ1v) is 6.93. The number of anilines is 1. The summed E-state index contributed by atoms with van der Waals surface area (Å²) >= 11 is 5.85. The monoisotopic (exact) mass is 304 g/mol. The van der Waals surface area contributed by atoms with Crippen molar-refractivity contribution in [1.29, 1.82) is 0 Å². The molecule has 4 nitrogen and oxygen atoms in total. The smallest absolute Gasteiger partial charge is 0.276 e. The first-order valence-electron chi connectivity index (χ1n) is 6.55. The Morgan fingerprint density at radius 2 is 2.00 bits per heavy atom. The van der Waals surface area contributed by atoms with Gasteiger partial charge in [-0.3, -0.25) is 15.6 Å². The molecule has 2 aromatic rings. The molecule has 0 aromatic heterocycles. The van der Waals surface area contributed by atoms with Gasteiger partial charge in [0.1, 0.15) is 5.75 Å². The van der Waals surface area contributed by atoms with E-state index < -0.39 is 0 Å². The predicted molar refractivity (Wildman–Crippen MR) is 84.6 cm³/mol. The quantitative estimate of drug-likeness (QED) is 0.832. The molecule has 0 bridgehead atoms. The van der Waals surface area contributed by atoms with Crippen molar-refractivity contribution in [3.63, 3.8) is 0 Å². The van der Waals surface area contributed by atoms with E-state index in [9.17, 15) is 4.79 Å². The molecule has 5 heteroatoms. The Hall–Kier alpha value is -2.20. The minimum atomic E-state index is -0.269. The van der Waals surface area contributed by atoms with E-state index in [1.807, 2.05) is 32.0 Å². The molecule has 0 spiro atoms. The van der Waals surface area contributed by atoms with Crippen molar-refractivity contribution >= 4 is 23.2 Å². The summed E-state index contributed by atoms with van der Waals surface area (Å²) in [5, 5.41) is 0.598. The predicted octanol–water partition coefficient (Wildman–Crippen LogP) is 3.48. The lowest BCUT2D eigenvalue weighted by Gasteiger charge is -2.11. The van der Waals surface area contributed by atoms with Crippen molar-refractivity contribution in [3.8, 4) is 5.75 Å². The lowest BCUT2D eigenvalue weighted by Crippen LogP contribution is -2.33. The Balaban J connectivity index is 1.82. The number of carbonyl (C=O) groups excluding carboxylic acids is 1. The molecule has 0 saturated carbocycles. The van der Waals surface area contributed by atoms with E-state index in [1.165, 1.54) is 0 Å². The molecule has 0 aliphatic carbocycles. The molecule has 1 amide bonds. The van der Waals surface area contributed by atoms with Crippen molar-refractivity contribution in [3.05, 3.63) is 58.6 Å². The zero-order valence-corrected chi connectivity index (χ0v) is 12.7. The highest BCUT2D eigenvalue weighted by atomic mass is 35.5. The van der Waals surface area contributed by atoms with Gasteiger partial charge in [-0.25, -0.2) is 0 Å². The second-order valence-electron chi connectivity index (χ2n) is 4.74. The minimum absolute atomic E-state index is 0.0581. The first-order chi connectivity index (χ1) is 10.0. The molecule has 0 aliphatic rings. The maximum atomic E-state index is 11.7. The van der Waals surface area contributed by atoms with Gasteiger partial charge in [0.15, 0.2) is 6.61 Å². The summed E-state index contributed by atoms with van der Waals surface area (Å²) < 4.78 is 5.49. The molecule has 2 N–H and O–H groups in total. The molecule has 2 rings (SSSR count). The van der Waals surface area contributed by atoms with Gasteiger partial charge in [-0.2, -0.15) is 0 Å². The fourth-order valence-corrected chi connectivity index (χ4v) is 2.04. The Morgan fingerprint density at radius 3 is 2.71 bits per heavy atom. The van der Waals surface area contributed by atoms with Gasteiger partial charge >= 0.3 is 0 Å². The number of amides is 1. The van der Waals surface area contributed by atoms with Gasteiger partial charge < -0.3 is 4.74 Å². The average Bonchev–Trinajstić information content (AvgIpc) is 2.44. The van der Waals surface area contributed by atoms with E-state index in [2.05, 4.69) is 10.9 Å². The normalized spacial score (nSPS) is 10.0. The number of hydrazine groups is 1. The summed E-state index contributed by atoms with van der Waals surface area (Å²) in [6, 6.07) is 12.9. The third-order valence-electron chi connectivity index (χ3n) is 2.86. The van der Waals surface area contributed by atoms with E-state index in [0.29, 0.717) is 16.5 Å². The third kappa shape index (κ3) is 4.68. The Bertz CT molecular complexity index is 644. The van der Waals surface area contributed by atoms with Gasteiger partial charge in [0.2, 0.25) is 0 Å². The number of halogens is 1. The number of hydrogen-bond acceptors (Lipinski definition) is 3. The van der Waals surface area contributed by atoms with Crippen LogP contribution in [0.4, 0.5) is 5.69 Å². The zero-order chi connectivity index (χ0) is 15.2. The van der Waals surface area contributed by atoms with Crippen LogP contribution in [0, 0.1) is 13.8 Å². The van der Waals surface area contributed by atoms with Crippen LogP contribution in [0.5, 0.6) is 5.75 Å². The van der Waals surface area contributed by atoms with Crippen molar-refractivity contribution in [2.24, 2.45) is 0 Å². The number of rotatable bonds is 5. The van der Waals surface area contributed by atoms with Crippen LogP contribution in [0.3, 0.4) is 0 Å². The first kappa shape index (κ1) is 15.2. The fraction of sp³-hybridized carbons (Fsp3) is 0.188. The third-order valence-corrected chi connectivity index (χ3v) is 3.10. The van der Waals surface area contributed by atoms with Gasteiger partial charge in [0, 0.05) is 5.02 Å². The maximum Gasteiger partial charge on any atom is 0.276 e. The van der Waals surface area contributed by atoms with Gasteiger partial charge in [-0.05, 0) is 43.7 Å². The number of nitrogens with one attached hydrogen (secondary N) is 2. The SMILES string of the molecule is Cc1ccc(OCC(=O)NNc2cccc(Cl)c2)c(C)c1. The molecule has 2 aromatic carbocycles. The number of aryl methyl sites for hydroxylation is 2. The van der Waals surface area contributed by atoms with Crippen LogP contribution >= 0.6 is 11.6 Å². The van der Waals surface area contributed by atoms with E-state index in [-0.39, 0.29) is 12.5 Å². The molecule has 110 valence electrons. The second-order valence-corrected chi connectivity index (χ2v) is 5.18. The highest BCUT2D eigenvalue weighted by Crippen LogP contribution is 2.18. The average molecular weight is 305 g/mol. The molecule has 0 aliphatic heterocycles. The van der Waals surface area contributed by atoms with E-state index >= 15 is 0 Å². The highest BCUT2D eigenvalue weighted by molar-refractivity contribution is 6.30. The summed E-state index contributed by atoms with van der Waals surface area (Å²) in [7, 11) is 0. The second kappa shape index (κ2) is 6.99. The van der Waals surface area contributed by atoms with Crippen LogP contribution in [0.1, 0.15) is 11.1 Å². The van der Waals surface area contributed by atoms with Crippen LogP contribution in [0.25, 0.3) is 0 Å². The van der Waals surface area contributed by atoms with Crippen LogP contribution in [0.15, 0.2) is 42.5 Å². The molecule has 0 unspecified atom stereocenters. The van der Waals surface area contributed by atoms with Crippen molar-refractivity contribution < 1.29 is 9.53 Å². The fourth-order valence-electron chi connectivity index (χ4n) is 1.85. The lowest BCUT2D eigenvalue weighted by molar-refractivity contribution is -0.122. The van der Waals surface area contributed by atoms with Crippen molar-refractivity contribution in [2.45, 2.75) is 13.8 Å². The number of benzene rings is 2. The van der Waals surface area contributed by atoms with Crippen molar-refractivity contribution in [2.75, 3.05) is 12.0 Å². The molecular weight excluding hydrogens is 288 g/mol. The standard InChI is InChI=1S/C16H17ClN2O2/c1-11-6-7-15(12(2)8-11)21-10-16(20)19-18-14-5-3-4-13(17)9-14/h3-9,18H,10H2,1-2H3,(H,19,20). The Labute approximate surface area is 129 Å². The Morgan fingerprint density at radius 1 is 1.19 bits per heavy atom. The summed E-state index contributed by atoms with van der Waals surface area (Å²) in [6.45, 7) is 3.90. The van der Waals surface area contributed by atoms with Gasteiger partial charge in [-0.1, -0.05) is 35.4 Å². The van der Waals surface area contributed by atoms with E-state index in [0.717, 1.165) is 11.1 Å². The lowest BCUT2D eigenvalue weighted by atomic mass is 10.1. The summed E-state index contributed by atoms with van der Waals surface area (Å²) in [5.74, 6) is 0.438. The van der Waals surface area contributed by atoms with E-state index in [1.54, 1.807) is 24.3 Å². The number of hydrogen-bond donors (Lipinski definition) is 2. The molecule has 0 saturated heterocycles. The number of ether oxygens (including phenoxy) is 1. The topological polar surface area (TPSA) is 50.4 Å². The molecule has 0 heterocycles. The van der Waals surface area contributed by atoms with Gasteiger partial charge in [0.25, 0.3) is 5.91 Å². The molecule has 21 heavy (non-hydrogen) atoms. The summed E-state index contributed by atoms with van der Waals surface area (Å²) in [5.41, 5.74) is 8.21. The molecule has 0 atom stereocenters. The van der Waals surface area contributed by atoms with Crippen molar-refractivity contribution in [1.82, 2.24) is 5.43 Å². The maximum absolute atomic E-state index is 11.7. The Kier molecular flexibility index (Phi) is 5.06. The van der Waals surface area contributed by atoms with Crippen LogP contribution in [-0.2, 0) is 4.79 Å². The summed E-state index contributed by atoms with van der Waals surface area (Å²) in [6.07, 6.45) is 0. The van der Waals surface area contributed by atoms with Gasteiger partial charge in [-0.15, -0.1) is 0 Å². The van der Waals surface area contributed by atoms with Crippen LogP contribution in [0.2, 0.25) is 5.02 Å². The van der Waals surface area contributed by atoms with E-state index in [4.69, 9.17) is 16.3 Å². The molecule has 0 radical (unpaired) electrons.